The summed E-state index contributed by atoms with van der Waals surface area (Å²) in [6, 6.07) is 11.7. The van der Waals surface area contributed by atoms with E-state index < -0.39 is 11.8 Å². The molecule has 0 aliphatic rings. The standard InChI is InChI=1S/C19H13FN2O3S/c1-10-17(19(23)24)22-13-7-6-11(20)8-12(13)18(10)25-9-16-21-14-4-2-3-5-15(14)26-16/h2-8H,9H2,1H3,(H,23,24). The van der Waals surface area contributed by atoms with E-state index in [-0.39, 0.29) is 12.3 Å². The molecule has 0 aliphatic carbocycles. The zero-order valence-corrected chi connectivity index (χ0v) is 14.5. The van der Waals surface area contributed by atoms with Crippen molar-refractivity contribution in [1.82, 2.24) is 9.97 Å². The van der Waals surface area contributed by atoms with Gasteiger partial charge in [0, 0.05) is 10.9 Å². The molecule has 2 aromatic heterocycles. The first-order chi connectivity index (χ1) is 12.5. The summed E-state index contributed by atoms with van der Waals surface area (Å²) in [4.78, 5) is 20.1. The van der Waals surface area contributed by atoms with E-state index in [9.17, 15) is 14.3 Å². The number of fused-ring (bicyclic) bond motifs is 2. The minimum Gasteiger partial charge on any atom is -0.485 e. The van der Waals surface area contributed by atoms with Crippen LogP contribution >= 0.6 is 11.3 Å². The van der Waals surface area contributed by atoms with Gasteiger partial charge in [-0.2, -0.15) is 0 Å². The number of hydrogen-bond acceptors (Lipinski definition) is 5. The molecule has 0 saturated heterocycles. The molecule has 5 nitrogen and oxygen atoms in total. The number of aromatic carboxylic acids is 1. The van der Waals surface area contributed by atoms with Crippen molar-refractivity contribution in [3.05, 3.63) is 64.5 Å². The molecule has 0 radical (unpaired) electrons. The highest BCUT2D eigenvalue weighted by atomic mass is 32.1. The van der Waals surface area contributed by atoms with Gasteiger partial charge in [0.1, 0.15) is 23.2 Å². The van der Waals surface area contributed by atoms with Crippen molar-refractivity contribution in [1.29, 1.82) is 0 Å². The smallest absolute Gasteiger partial charge is 0.354 e. The highest BCUT2D eigenvalue weighted by Crippen LogP contribution is 2.32. The van der Waals surface area contributed by atoms with Crippen LogP contribution in [-0.4, -0.2) is 21.0 Å². The van der Waals surface area contributed by atoms with E-state index in [2.05, 4.69) is 9.97 Å². The Morgan fingerprint density at radius 2 is 2.00 bits per heavy atom. The summed E-state index contributed by atoms with van der Waals surface area (Å²) in [6.45, 7) is 1.77. The monoisotopic (exact) mass is 368 g/mol. The highest BCUT2D eigenvalue weighted by molar-refractivity contribution is 7.18. The zero-order chi connectivity index (χ0) is 18.3. The first kappa shape index (κ1) is 16.4. The van der Waals surface area contributed by atoms with Gasteiger partial charge in [0.05, 0.1) is 15.7 Å². The first-order valence-corrected chi connectivity index (χ1v) is 8.65. The number of halogens is 1. The summed E-state index contributed by atoms with van der Waals surface area (Å²) in [7, 11) is 0. The number of aromatic nitrogens is 2. The topological polar surface area (TPSA) is 72.3 Å². The maximum atomic E-state index is 13.7. The van der Waals surface area contributed by atoms with E-state index in [1.54, 1.807) is 6.92 Å². The van der Waals surface area contributed by atoms with Gasteiger partial charge in [0.25, 0.3) is 0 Å². The molecule has 0 unspecified atom stereocenters. The Balaban J connectivity index is 1.77. The van der Waals surface area contributed by atoms with Crippen molar-refractivity contribution in [3.8, 4) is 5.75 Å². The second-order valence-electron chi connectivity index (χ2n) is 5.75. The molecule has 0 fully saturated rings. The summed E-state index contributed by atoms with van der Waals surface area (Å²) in [6.07, 6.45) is 0. The van der Waals surface area contributed by atoms with Crippen molar-refractivity contribution in [2.24, 2.45) is 0 Å². The minimum absolute atomic E-state index is 0.108. The molecule has 2 heterocycles. The van der Waals surface area contributed by atoms with Crippen LogP contribution in [0.4, 0.5) is 4.39 Å². The molecular weight excluding hydrogens is 355 g/mol. The summed E-state index contributed by atoms with van der Waals surface area (Å²) in [5, 5.41) is 10.6. The molecule has 2 aromatic carbocycles. The number of nitrogens with zero attached hydrogens (tertiary/aromatic N) is 2. The molecule has 0 bridgehead atoms. The Morgan fingerprint density at radius 1 is 1.19 bits per heavy atom. The van der Waals surface area contributed by atoms with Gasteiger partial charge in [-0.25, -0.2) is 19.2 Å². The van der Waals surface area contributed by atoms with Gasteiger partial charge in [0.2, 0.25) is 0 Å². The highest BCUT2D eigenvalue weighted by Gasteiger charge is 2.19. The van der Waals surface area contributed by atoms with Crippen LogP contribution in [0.15, 0.2) is 42.5 Å². The van der Waals surface area contributed by atoms with E-state index in [1.807, 2.05) is 24.3 Å². The Kier molecular flexibility index (Phi) is 4.00. The number of thiazole rings is 1. The summed E-state index contributed by atoms with van der Waals surface area (Å²) in [5.74, 6) is -1.28. The molecule has 0 aliphatic heterocycles. The fraction of sp³-hybridized carbons (Fsp3) is 0.105. The average molecular weight is 368 g/mol. The normalized spacial score (nSPS) is 11.2. The van der Waals surface area contributed by atoms with E-state index in [4.69, 9.17) is 4.74 Å². The van der Waals surface area contributed by atoms with Crippen LogP contribution in [0.3, 0.4) is 0 Å². The molecule has 26 heavy (non-hydrogen) atoms. The zero-order valence-electron chi connectivity index (χ0n) is 13.7. The molecular formula is C19H13FN2O3S. The molecule has 4 rings (SSSR count). The molecule has 0 saturated carbocycles. The van der Waals surface area contributed by atoms with Gasteiger partial charge >= 0.3 is 5.97 Å². The maximum absolute atomic E-state index is 13.7. The molecule has 0 atom stereocenters. The minimum atomic E-state index is -1.15. The van der Waals surface area contributed by atoms with Crippen LogP contribution in [0.1, 0.15) is 21.1 Å². The van der Waals surface area contributed by atoms with Gasteiger partial charge in [-0.1, -0.05) is 12.1 Å². The van der Waals surface area contributed by atoms with Crippen molar-refractivity contribution in [2.75, 3.05) is 0 Å². The van der Waals surface area contributed by atoms with E-state index in [0.29, 0.717) is 22.2 Å². The molecule has 0 spiro atoms. The van der Waals surface area contributed by atoms with Crippen molar-refractivity contribution in [2.45, 2.75) is 13.5 Å². The number of pyridine rings is 1. The Morgan fingerprint density at radius 3 is 2.77 bits per heavy atom. The van der Waals surface area contributed by atoms with Crippen LogP contribution in [-0.2, 0) is 6.61 Å². The quantitative estimate of drug-likeness (QED) is 0.571. The second kappa shape index (κ2) is 6.34. The largest absolute Gasteiger partial charge is 0.485 e. The summed E-state index contributed by atoms with van der Waals surface area (Å²) in [5.41, 5.74) is 1.50. The van der Waals surface area contributed by atoms with Crippen molar-refractivity contribution in [3.63, 3.8) is 0 Å². The molecule has 4 aromatic rings. The second-order valence-corrected chi connectivity index (χ2v) is 6.86. The van der Waals surface area contributed by atoms with Crippen LogP contribution in [0.2, 0.25) is 0 Å². The van der Waals surface area contributed by atoms with Gasteiger partial charge in [-0.3, -0.25) is 0 Å². The van der Waals surface area contributed by atoms with Crippen LogP contribution in [0.5, 0.6) is 5.75 Å². The third-order valence-corrected chi connectivity index (χ3v) is 5.02. The number of para-hydroxylation sites is 1. The fourth-order valence-electron chi connectivity index (χ4n) is 2.81. The maximum Gasteiger partial charge on any atom is 0.354 e. The Hall–Kier alpha value is -3.06. The molecule has 0 amide bonds. The number of carboxylic acid groups (broad SMARTS) is 1. The molecule has 1 N–H and O–H groups in total. The van der Waals surface area contributed by atoms with Gasteiger partial charge < -0.3 is 9.84 Å². The Bertz CT molecular complexity index is 1120. The fourth-order valence-corrected chi connectivity index (χ4v) is 3.69. The van der Waals surface area contributed by atoms with Crippen molar-refractivity contribution >= 4 is 38.4 Å². The number of rotatable bonds is 4. The van der Waals surface area contributed by atoms with Crippen LogP contribution in [0, 0.1) is 12.7 Å². The third-order valence-electron chi connectivity index (χ3n) is 4.01. The van der Waals surface area contributed by atoms with Crippen molar-refractivity contribution < 1.29 is 19.0 Å². The number of carboxylic acids is 1. The number of benzene rings is 2. The van der Waals surface area contributed by atoms with E-state index >= 15 is 0 Å². The predicted octanol–water partition coefficient (Wildman–Crippen LogP) is 4.57. The van der Waals surface area contributed by atoms with E-state index in [0.717, 1.165) is 15.2 Å². The van der Waals surface area contributed by atoms with E-state index in [1.165, 1.54) is 29.5 Å². The average Bonchev–Trinajstić information content (AvgIpc) is 3.03. The van der Waals surface area contributed by atoms with Gasteiger partial charge in [-0.15, -0.1) is 11.3 Å². The molecule has 7 heteroatoms. The SMILES string of the molecule is Cc1c(C(=O)O)nc2ccc(F)cc2c1OCc1nc2ccccc2s1. The lowest BCUT2D eigenvalue weighted by Gasteiger charge is -2.13. The molecule has 130 valence electrons. The van der Waals surface area contributed by atoms with Gasteiger partial charge in [0.15, 0.2) is 5.69 Å². The first-order valence-electron chi connectivity index (χ1n) is 7.83. The summed E-state index contributed by atoms with van der Waals surface area (Å²) < 4.78 is 20.6. The lowest BCUT2D eigenvalue weighted by molar-refractivity contribution is 0.0689. The lowest BCUT2D eigenvalue weighted by Crippen LogP contribution is -2.07. The lowest BCUT2D eigenvalue weighted by atomic mass is 10.1. The van der Waals surface area contributed by atoms with Crippen LogP contribution in [0.25, 0.3) is 21.1 Å². The number of carbonyl (C=O) groups is 1. The third kappa shape index (κ3) is 2.86. The number of ether oxygens (including phenoxy) is 1. The Labute approximate surface area is 151 Å². The van der Waals surface area contributed by atoms with Crippen LogP contribution < -0.4 is 4.74 Å². The van der Waals surface area contributed by atoms with Gasteiger partial charge in [-0.05, 0) is 37.3 Å². The number of hydrogen-bond donors (Lipinski definition) is 1. The predicted molar refractivity (Wildman–Crippen MR) is 97.3 cm³/mol. The summed E-state index contributed by atoms with van der Waals surface area (Å²) >= 11 is 1.50.